The van der Waals surface area contributed by atoms with Crippen LogP contribution in [-0.2, 0) is 0 Å². The van der Waals surface area contributed by atoms with Gasteiger partial charge in [0.05, 0.1) is 7.11 Å². The monoisotopic (exact) mass is 306 g/mol. The molecule has 22 heavy (non-hydrogen) atoms. The second kappa shape index (κ2) is 6.42. The van der Waals surface area contributed by atoms with E-state index in [0.29, 0.717) is 11.7 Å². The van der Waals surface area contributed by atoms with Crippen LogP contribution in [0.5, 0.6) is 5.75 Å². The van der Waals surface area contributed by atoms with E-state index in [2.05, 4.69) is 20.4 Å². The molecule has 1 atom stereocenters. The molecule has 2 aromatic rings. The average molecular weight is 306 g/mol. The molecule has 0 aliphatic carbocycles. The molecule has 118 valence electrons. The van der Waals surface area contributed by atoms with E-state index < -0.39 is 11.9 Å². The number of hydrogen-bond acceptors (Lipinski definition) is 6. The highest BCUT2D eigenvalue weighted by molar-refractivity contribution is 5.92. The summed E-state index contributed by atoms with van der Waals surface area (Å²) >= 11 is 0. The Hall–Kier alpha value is -2.64. The van der Waals surface area contributed by atoms with E-state index in [4.69, 9.17) is 9.26 Å². The summed E-state index contributed by atoms with van der Waals surface area (Å²) < 4.78 is 9.96. The van der Waals surface area contributed by atoms with Crippen LogP contribution in [-0.4, -0.2) is 28.1 Å². The molecule has 8 nitrogen and oxygen atoms in total. The van der Waals surface area contributed by atoms with Gasteiger partial charge in [-0.2, -0.15) is 4.98 Å². The predicted molar refractivity (Wildman–Crippen MR) is 77.9 cm³/mol. The molecule has 0 aliphatic rings. The van der Waals surface area contributed by atoms with Gasteiger partial charge >= 0.3 is 0 Å². The van der Waals surface area contributed by atoms with Gasteiger partial charge in [0.25, 0.3) is 5.91 Å². The fourth-order valence-corrected chi connectivity index (χ4v) is 1.74. The lowest BCUT2D eigenvalue weighted by Crippen LogP contribution is -2.28. The van der Waals surface area contributed by atoms with Crippen LogP contribution in [0.2, 0.25) is 0 Å². The zero-order valence-electron chi connectivity index (χ0n) is 12.8. The molecule has 0 aromatic carbocycles. The third-order valence-corrected chi connectivity index (χ3v) is 3.03. The smallest absolute Gasteiger partial charge is 0.268 e. The van der Waals surface area contributed by atoms with Crippen LogP contribution in [0.3, 0.4) is 0 Å². The van der Waals surface area contributed by atoms with Crippen molar-refractivity contribution in [3.05, 3.63) is 39.9 Å². The van der Waals surface area contributed by atoms with Crippen molar-refractivity contribution in [3.63, 3.8) is 0 Å². The fourth-order valence-electron chi connectivity index (χ4n) is 1.74. The Balaban J connectivity index is 2.10. The predicted octanol–water partition coefficient (Wildman–Crippen LogP) is 1.38. The second-order valence-electron chi connectivity index (χ2n) is 5.12. The van der Waals surface area contributed by atoms with Gasteiger partial charge in [-0.05, 0) is 6.92 Å². The highest BCUT2D eigenvalue weighted by Crippen LogP contribution is 2.15. The van der Waals surface area contributed by atoms with Crippen LogP contribution in [0.15, 0.2) is 21.6 Å². The molecule has 0 bridgehead atoms. The molecule has 2 aromatic heterocycles. The second-order valence-corrected chi connectivity index (χ2v) is 5.12. The van der Waals surface area contributed by atoms with Crippen LogP contribution in [0.25, 0.3) is 0 Å². The number of carbonyl (C=O) groups excluding carboxylic acids is 1. The Morgan fingerprint density at radius 1 is 1.41 bits per heavy atom. The highest BCUT2D eigenvalue weighted by Gasteiger charge is 2.19. The number of nitrogens with zero attached hydrogens (tertiary/aromatic N) is 2. The summed E-state index contributed by atoms with van der Waals surface area (Å²) in [5, 5.41) is 6.53. The quantitative estimate of drug-likeness (QED) is 0.863. The van der Waals surface area contributed by atoms with E-state index in [-0.39, 0.29) is 22.8 Å². The molecule has 0 saturated heterocycles. The fraction of sp³-hybridized carbons (Fsp3) is 0.429. The maximum absolute atomic E-state index is 12.1. The number of carbonyl (C=O) groups is 1. The van der Waals surface area contributed by atoms with Gasteiger partial charge in [-0.1, -0.05) is 19.0 Å². The molecule has 0 spiro atoms. The van der Waals surface area contributed by atoms with Gasteiger partial charge in [0, 0.05) is 18.2 Å². The number of H-pyrrole nitrogens is 1. The zero-order valence-corrected chi connectivity index (χ0v) is 12.8. The molecule has 0 fully saturated rings. The van der Waals surface area contributed by atoms with Crippen molar-refractivity contribution in [1.82, 2.24) is 20.4 Å². The van der Waals surface area contributed by atoms with Crippen molar-refractivity contribution in [1.29, 1.82) is 0 Å². The van der Waals surface area contributed by atoms with Gasteiger partial charge < -0.3 is 19.6 Å². The lowest BCUT2D eigenvalue weighted by molar-refractivity contribution is 0.0927. The number of hydrogen-bond donors (Lipinski definition) is 2. The number of nitrogens with one attached hydrogen (secondary N) is 2. The lowest BCUT2D eigenvalue weighted by Gasteiger charge is -2.09. The van der Waals surface area contributed by atoms with Gasteiger partial charge in [0.2, 0.25) is 11.3 Å². The van der Waals surface area contributed by atoms with Crippen LogP contribution in [0, 0.1) is 0 Å². The largest absolute Gasteiger partial charge is 0.491 e. The molecule has 0 saturated carbocycles. The number of amides is 1. The number of pyridine rings is 1. The first-order chi connectivity index (χ1) is 10.4. The highest BCUT2D eigenvalue weighted by atomic mass is 16.5. The van der Waals surface area contributed by atoms with Crippen molar-refractivity contribution in [3.8, 4) is 5.75 Å². The van der Waals surface area contributed by atoms with E-state index in [0.717, 1.165) is 0 Å². The maximum Gasteiger partial charge on any atom is 0.268 e. The topological polar surface area (TPSA) is 110 Å². The van der Waals surface area contributed by atoms with E-state index in [1.807, 2.05) is 13.8 Å². The van der Waals surface area contributed by atoms with E-state index in [1.165, 1.54) is 19.4 Å². The first kappa shape index (κ1) is 15.7. The molecule has 2 rings (SSSR count). The number of aromatic nitrogens is 3. The number of methoxy groups -OCH3 is 1. The molecular weight excluding hydrogens is 288 g/mol. The van der Waals surface area contributed by atoms with Gasteiger partial charge in [-0.15, -0.1) is 0 Å². The zero-order chi connectivity index (χ0) is 16.3. The van der Waals surface area contributed by atoms with Crippen molar-refractivity contribution < 1.29 is 14.1 Å². The van der Waals surface area contributed by atoms with Crippen molar-refractivity contribution in [2.45, 2.75) is 32.7 Å². The average Bonchev–Trinajstić information content (AvgIpc) is 2.97. The summed E-state index contributed by atoms with van der Waals surface area (Å²) in [4.78, 5) is 30.7. The third-order valence-electron chi connectivity index (χ3n) is 3.03. The number of aromatic amines is 1. The SMILES string of the molecule is COc1c[nH]c(C(=O)N[C@@H](C)c2nc(C(C)C)no2)cc1=O. The Labute approximate surface area is 126 Å². The molecule has 0 aliphatic heterocycles. The van der Waals surface area contributed by atoms with Gasteiger partial charge in [0.15, 0.2) is 11.6 Å². The Bertz CT molecular complexity index is 720. The van der Waals surface area contributed by atoms with Crippen molar-refractivity contribution >= 4 is 5.91 Å². The van der Waals surface area contributed by atoms with Crippen LogP contribution < -0.4 is 15.5 Å². The third kappa shape index (κ3) is 3.33. The first-order valence-electron chi connectivity index (χ1n) is 6.83. The molecule has 2 N–H and O–H groups in total. The minimum atomic E-state index is -0.474. The maximum atomic E-state index is 12.1. The van der Waals surface area contributed by atoms with Crippen LogP contribution in [0.1, 0.15) is 54.9 Å². The Morgan fingerprint density at radius 2 is 2.14 bits per heavy atom. The van der Waals surface area contributed by atoms with Crippen LogP contribution in [0.4, 0.5) is 0 Å². The summed E-state index contributed by atoms with van der Waals surface area (Å²) in [5.41, 5.74) is -0.250. The van der Waals surface area contributed by atoms with Crippen LogP contribution >= 0.6 is 0 Å². The van der Waals surface area contributed by atoms with Crippen molar-refractivity contribution in [2.24, 2.45) is 0 Å². The molecule has 0 unspecified atom stereocenters. The number of rotatable bonds is 5. The first-order valence-corrected chi connectivity index (χ1v) is 6.83. The number of ether oxygens (including phenoxy) is 1. The summed E-state index contributed by atoms with van der Waals surface area (Å²) in [6.07, 6.45) is 1.34. The molecule has 2 heterocycles. The summed E-state index contributed by atoms with van der Waals surface area (Å²) in [5.74, 6) is 0.722. The Kier molecular flexibility index (Phi) is 4.59. The van der Waals surface area contributed by atoms with E-state index in [1.54, 1.807) is 6.92 Å². The summed E-state index contributed by atoms with van der Waals surface area (Å²) in [6.45, 7) is 5.61. The standard InChI is InChI=1S/C14H18N4O4/c1-7(2)12-17-14(22-18-12)8(3)16-13(20)9-5-10(19)11(21-4)6-15-9/h5-8H,1-4H3,(H,15,19)(H,16,20)/t8-/m0/s1. The van der Waals surface area contributed by atoms with Gasteiger partial charge in [0.1, 0.15) is 11.7 Å². The summed E-state index contributed by atoms with van der Waals surface area (Å²) in [7, 11) is 1.38. The lowest BCUT2D eigenvalue weighted by atomic mass is 10.2. The minimum absolute atomic E-state index is 0.126. The Morgan fingerprint density at radius 3 is 2.68 bits per heavy atom. The van der Waals surface area contributed by atoms with E-state index >= 15 is 0 Å². The van der Waals surface area contributed by atoms with E-state index in [9.17, 15) is 9.59 Å². The minimum Gasteiger partial charge on any atom is -0.491 e. The van der Waals surface area contributed by atoms with Gasteiger partial charge in [-0.25, -0.2) is 0 Å². The summed E-state index contributed by atoms with van der Waals surface area (Å²) in [6, 6.07) is 0.701. The molecular formula is C14H18N4O4. The van der Waals surface area contributed by atoms with Gasteiger partial charge in [-0.3, -0.25) is 9.59 Å². The molecule has 1 amide bonds. The normalized spacial score (nSPS) is 12.2. The van der Waals surface area contributed by atoms with Crippen molar-refractivity contribution in [2.75, 3.05) is 7.11 Å². The molecule has 0 radical (unpaired) electrons. The molecule has 8 heteroatoms.